The van der Waals surface area contributed by atoms with Crippen molar-refractivity contribution in [3.63, 3.8) is 0 Å². The summed E-state index contributed by atoms with van der Waals surface area (Å²) in [7, 11) is 0. The van der Waals surface area contributed by atoms with Crippen molar-refractivity contribution in [2.75, 3.05) is 10.6 Å². The summed E-state index contributed by atoms with van der Waals surface area (Å²) in [5.41, 5.74) is 6.93. The SMILES string of the molecule is Cc1cc(=O)c(O)c(C(=O)Nc2ccc(-c3ccccc3)cc2)o1.O=C(CCCc1ccccc1)NCc1cc(=O)c(O)co1.O=C(CCc1ccccc1)NCc1cc(=O)c(O)co1.O=C(CCc1ccccc1)NCc1cc(=S)c(O)co1.O=C(Cc1ccccc1)NCc1cc(=O)c(O)co1.O=C(Cn1cccc(O)c1=O)Nc1ccc(-c2ccccc2)cc1.O=C(NCc1cc(=O)c(O)co1)c1ccccc1. The van der Waals surface area contributed by atoms with Crippen molar-refractivity contribution in [1.29, 1.82) is 0 Å². The van der Waals surface area contributed by atoms with Crippen molar-refractivity contribution in [2.24, 2.45) is 0 Å². The zero-order valence-corrected chi connectivity index (χ0v) is 79.4. The van der Waals surface area contributed by atoms with Crippen molar-refractivity contribution in [3.05, 3.63) is 481 Å². The van der Waals surface area contributed by atoms with Gasteiger partial charge in [0.1, 0.15) is 72.4 Å². The minimum Gasteiger partial charge on any atom is -0.504 e. The fourth-order valence-corrected chi connectivity index (χ4v) is 13.2. The topological polar surface area (TPSA) is 531 Å². The Labute approximate surface area is 838 Å². The smallest absolute Gasteiger partial charge is 0.295 e. The zero-order chi connectivity index (χ0) is 104. The van der Waals surface area contributed by atoms with Crippen LogP contribution in [0.5, 0.6) is 40.2 Å². The second kappa shape index (κ2) is 57.5. The average molecular weight is 2000 g/mol. The van der Waals surface area contributed by atoms with Gasteiger partial charge in [0.05, 0.1) is 43.7 Å². The van der Waals surface area contributed by atoms with E-state index in [1.807, 2.05) is 224 Å². The number of aryl methyl sites for hydroxylation is 4. The lowest BCUT2D eigenvalue weighted by atomic mass is 10.1. The molecule has 35 heteroatoms. The Hall–Kier alpha value is -19.1. The Morgan fingerprint density at radius 3 is 1.06 bits per heavy atom. The highest BCUT2D eigenvalue weighted by Crippen LogP contribution is 2.25. The van der Waals surface area contributed by atoms with Gasteiger partial charge in [0, 0.05) is 78.8 Å². The van der Waals surface area contributed by atoms with Gasteiger partial charge in [0.2, 0.25) is 68.2 Å². The van der Waals surface area contributed by atoms with E-state index in [4.69, 9.17) is 59.1 Å². The molecule has 0 unspecified atom stereocenters. The number of nitrogens with one attached hydrogen (secondary N) is 7. The summed E-state index contributed by atoms with van der Waals surface area (Å²) in [5, 5.41) is 83.1. The van der Waals surface area contributed by atoms with E-state index >= 15 is 0 Å². The number of anilines is 2. The van der Waals surface area contributed by atoms with Gasteiger partial charge < -0.3 is 104 Å². The Morgan fingerprint density at radius 1 is 0.315 bits per heavy atom. The highest BCUT2D eigenvalue weighted by molar-refractivity contribution is 7.71. The number of amides is 7. The summed E-state index contributed by atoms with van der Waals surface area (Å²) >= 11 is 4.91. The van der Waals surface area contributed by atoms with Crippen LogP contribution >= 0.6 is 12.2 Å². The van der Waals surface area contributed by atoms with E-state index < -0.39 is 73.1 Å². The maximum absolute atomic E-state index is 12.2. The average Bonchev–Trinajstić information content (AvgIpc) is 0.823. The molecule has 0 saturated carbocycles. The second-order valence-corrected chi connectivity index (χ2v) is 32.2. The molecule has 0 aliphatic heterocycles. The number of hydrogen-bond acceptors (Lipinski definition) is 27. The lowest BCUT2D eigenvalue weighted by Gasteiger charge is -2.08. The van der Waals surface area contributed by atoms with Crippen LogP contribution in [0.4, 0.5) is 11.4 Å². The van der Waals surface area contributed by atoms with E-state index in [0.717, 1.165) is 106 Å². The Kier molecular flexibility index (Phi) is 42.9. The van der Waals surface area contributed by atoms with Crippen LogP contribution < -0.4 is 69.9 Å². The van der Waals surface area contributed by atoms with Crippen LogP contribution in [-0.2, 0) is 88.9 Å². The van der Waals surface area contributed by atoms with Crippen LogP contribution in [-0.4, -0.2) is 81.7 Å². The molecule has 0 spiro atoms. The largest absolute Gasteiger partial charge is 0.504 e. The van der Waals surface area contributed by atoms with Crippen LogP contribution in [0.1, 0.15) is 103 Å². The van der Waals surface area contributed by atoms with Gasteiger partial charge in [-0.15, -0.1) is 0 Å². The fourth-order valence-electron chi connectivity index (χ4n) is 13.0. The molecule has 0 saturated heterocycles. The predicted molar refractivity (Wildman–Crippen MR) is 546 cm³/mol. The standard InChI is InChI=1S/C19H16N2O3.C19H15NO4.C16H17NO4.C15H15NO4.C15H15NO3S.C14H13NO4.C13H11NO4/c22-17-7-4-12-21(19(17)24)13-18(23)20-16-10-8-15(9-11-16)14-5-2-1-3-6-14;1-12-11-16(21)17(22)18(24-12)19(23)20-15-9-7-14(8-10-15)13-5-3-2-4-6-13;18-14-9-13(21-11-15(14)19)10-17-16(20)8-4-7-12-5-2-1-3-6-12;17-13-8-12(20-10-14(13)18)9-16-15(19)7-6-11-4-2-1-3-5-11;17-13-10-19-12(8-14(13)20)9-16-15(18)7-6-11-4-2-1-3-5-11;16-12-7-11(19-9-13(12)17)8-15-14(18)6-10-4-2-1-3-5-10;15-11-6-10(18-8-12(11)16)7-14-13(17)9-4-2-1-3-5-9/h1-12,22H,13H2,(H,20,23);2-11,22H,1H3,(H,20,23);1-3,5-6,9,11,19H,4,7-8,10H2,(H,17,20);1-5,8,10,18H,6-7,9H2,(H,16,19);1-5,8,10,17H,6-7,9H2,(H,16,18);1-5,7,9,17H,6,8H2,(H,15,18);1-6,8,16H,7H2,(H,14,17). The van der Waals surface area contributed by atoms with E-state index in [1.54, 1.807) is 36.4 Å². The molecule has 0 fully saturated rings. The molecular weight excluding hydrogens is 1890 g/mol. The number of carbonyl (C=O) groups excluding carboxylic acids is 7. The molecule has 146 heavy (non-hydrogen) atoms. The first-order valence-corrected chi connectivity index (χ1v) is 45.6. The number of hydrogen-bond donors (Lipinski definition) is 14. The number of benzene rings is 9. The quantitative estimate of drug-likeness (QED) is 0.0186. The number of nitrogens with zero attached hydrogens (tertiary/aromatic N) is 1. The van der Waals surface area contributed by atoms with Gasteiger partial charge in [-0.05, 0) is 126 Å². The molecule has 14 N–H and O–H groups in total. The van der Waals surface area contributed by atoms with Crippen molar-refractivity contribution < 1.29 is 95.8 Å². The Morgan fingerprint density at radius 2 is 0.658 bits per heavy atom. The van der Waals surface area contributed by atoms with Crippen molar-refractivity contribution in [1.82, 2.24) is 31.2 Å². The van der Waals surface area contributed by atoms with Crippen LogP contribution in [0.3, 0.4) is 0 Å². The van der Waals surface area contributed by atoms with E-state index in [2.05, 4.69) is 37.2 Å². The van der Waals surface area contributed by atoms with Crippen LogP contribution in [0.2, 0.25) is 0 Å². The van der Waals surface area contributed by atoms with Gasteiger partial charge in [-0.25, -0.2) is 0 Å². The number of aromatic nitrogens is 1. The number of pyridine rings is 1. The van der Waals surface area contributed by atoms with Crippen LogP contribution in [0, 0.1) is 11.4 Å². The molecule has 0 bridgehead atoms. The van der Waals surface area contributed by atoms with Crippen molar-refractivity contribution >= 4 is 64.9 Å². The maximum Gasteiger partial charge on any atom is 0.295 e. The molecule has 16 aromatic rings. The number of aromatic hydroxyl groups is 7. The summed E-state index contributed by atoms with van der Waals surface area (Å²) in [5.74, 6) is -3.06. The molecule has 0 aliphatic carbocycles. The predicted octanol–water partition coefficient (Wildman–Crippen LogP) is 15.5. The van der Waals surface area contributed by atoms with Gasteiger partial charge >= 0.3 is 0 Å². The molecule has 0 aliphatic rings. The summed E-state index contributed by atoms with van der Waals surface area (Å²) < 4.78 is 31.7. The van der Waals surface area contributed by atoms with E-state index in [0.29, 0.717) is 76.6 Å². The maximum atomic E-state index is 12.2. The molecule has 9 aromatic carbocycles. The molecular formula is C111H102N8O26S. The highest BCUT2D eigenvalue weighted by Gasteiger charge is 2.20. The summed E-state index contributed by atoms with van der Waals surface area (Å²) in [4.78, 5) is 151. The van der Waals surface area contributed by atoms with Gasteiger partial charge in [-0.2, -0.15) is 0 Å². The third-order valence-electron chi connectivity index (χ3n) is 20.6. The van der Waals surface area contributed by atoms with Gasteiger partial charge in [-0.1, -0.05) is 237 Å². The lowest BCUT2D eigenvalue weighted by molar-refractivity contribution is -0.122. The lowest BCUT2D eigenvalue weighted by Crippen LogP contribution is -2.26. The molecule has 748 valence electrons. The molecule has 34 nitrogen and oxygen atoms in total. The number of carbonyl (C=O) groups is 7. The second-order valence-electron chi connectivity index (χ2n) is 31.7. The van der Waals surface area contributed by atoms with Crippen LogP contribution in [0.25, 0.3) is 22.3 Å². The minimum absolute atomic E-state index is 0.0527. The highest BCUT2D eigenvalue weighted by atomic mass is 32.1. The Bertz CT molecular complexity index is 7330. The summed E-state index contributed by atoms with van der Waals surface area (Å²) in [6.07, 6.45) is 10.9. The third-order valence-corrected chi connectivity index (χ3v) is 20.9. The normalized spacial score (nSPS) is 10.2. The molecule has 7 amide bonds. The van der Waals surface area contributed by atoms with Gasteiger partial charge in [-0.3, -0.25) is 62.3 Å². The molecule has 7 aromatic heterocycles. The van der Waals surface area contributed by atoms with E-state index in [-0.39, 0.29) is 104 Å². The molecule has 0 atom stereocenters. The fraction of sp³-hybridized carbons (Fsp3) is 0.135. The summed E-state index contributed by atoms with van der Waals surface area (Å²) in [6, 6.07) is 92.1. The van der Waals surface area contributed by atoms with E-state index in [1.165, 1.54) is 49.2 Å². The van der Waals surface area contributed by atoms with E-state index in [9.17, 15) is 77.6 Å². The first-order chi connectivity index (χ1) is 70.4. The Balaban J connectivity index is 0.000000175. The van der Waals surface area contributed by atoms with Gasteiger partial charge in [0.25, 0.3) is 17.4 Å². The first-order valence-electron chi connectivity index (χ1n) is 45.2. The van der Waals surface area contributed by atoms with Crippen molar-refractivity contribution in [3.8, 4) is 62.5 Å². The molecule has 7 heterocycles. The summed E-state index contributed by atoms with van der Waals surface area (Å²) in [6.45, 7) is 2.10. The zero-order valence-electron chi connectivity index (χ0n) is 78.6. The monoisotopic (exact) mass is 1990 g/mol. The molecule has 16 rings (SSSR count). The van der Waals surface area contributed by atoms with Crippen LogP contribution in [0.15, 0.2) is 402 Å². The minimum atomic E-state index is -0.695. The third kappa shape index (κ3) is 37.9. The number of rotatable bonds is 30. The first kappa shape index (κ1) is 109. The van der Waals surface area contributed by atoms with Crippen molar-refractivity contribution in [2.45, 2.75) is 97.6 Å². The molecule has 0 radical (unpaired) electrons. The van der Waals surface area contributed by atoms with Gasteiger partial charge in [0.15, 0.2) is 34.5 Å².